The van der Waals surface area contributed by atoms with Gasteiger partial charge in [0.1, 0.15) is 11.6 Å². The molecule has 2 atom stereocenters. The van der Waals surface area contributed by atoms with E-state index in [1.807, 2.05) is 12.1 Å². The molecule has 0 spiro atoms. The molecule has 4 rings (SSSR count). The number of nitrogens with one attached hydrogen (secondary N) is 1. The van der Waals surface area contributed by atoms with Gasteiger partial charge in [-0.3, -0.25) is 9.59 Å². The van der Waals surface area contributed by atoms with Crippen molar-refractivity contribution in [1.29, 1.82) is 0 Å². The van der Waals surface area contributed by atoms with Crippen LogP contribution in [0.4, 0.5) is 5.13 Å². The highest BCUT2D eigenvalue weighted by Crippen LogP contribution is 2.42. The number of carbonyl (C=O) groups excluding carboxylic acids is 2. The Morgan fingerprint density at radius 1 is 1.37 bits per heavy atom. The van der Waals surface area contributed by atoms with Gasteiger partial charge in [0, 0.05) is 20.6 Å². The maximum Gasteiger partial charge on any atom is 0.232 e. The maximum absolute atomic E-state index is 12.9. The fourth-order valence-electron chi connectivity index (χ4n) is 3.34. The van der Waals surface area contributed by atoms with E-state index in [0.29, 0.717) is 28.2 Å². The average molecular weight is 390 g/mol. The van der Waals surface area contributed by atoms with Crippen molar-refractivity contribution in [3.63, 3.8) is 0 Å². The van der Waals surface area contributed by atoms with Crippen molar-refractivity contribution in [3.8, 4) is 11.5 Å². The zero-order valence-corrected chi connectivity index (χ0v) is 15.6. The molecule has 2 aliphatic heterocycles. The molecule has 9 nitrogen and oxygen atoms in total. The van der Waals surface area contributed by atoms with Gasteiger partial charge in [0.05, 0.1) is 12.0 Å². The molecule has 0 radical (unpaired) electrons. The zero-order valence-electron chi connectivity index (χ0n) is 14.8. The quantitative estimate of drug-likeness (QED) is 0.827. The van der Waals surface area contributed by atoms with Crippen molar-refractivity contribution >= 4 is 28.3 Å². The van der Waals surface area contributed by atoms with Crippen LogP contribution in [0.5, 0.6) is 11.5 Å². The minimum absolute atomic E-state index is 0.0878. The van der Waals surface area contributed by atoms with Gasteiger partial charge in [-0.25, -0.2) is 0 Å². The summed E-state index contributed by atoms with van der Waals surface area (Å²) in [6, 6.07) is 5.09. The number of methoxy groups -OCH3 is 1. The lowest BCUT2D eigenvalue weighted by Gasteiger charge is -2.24. The summed E-state index contributed by atoms with van der Waals surface area (Å²) in [6.45, 7) is 0.501. The molecule has 2 unspecified atom stereocenters. The SMILES string of the molecule is COCc1nnc(NC(=O)C2CC(=O)N(C)C2c2ccc3c(c2)OCO3)s1. The Balaban J connectivity index is 1.56. The number of hydrogen-bond acceptors (Lipinski definition) is 8. The average Bonchev–Trinajstić information content (AvgIpc) is 3.35. The number of fused-ring (bicyclic) bond motifs is 1. The Morgan fingerprint density at radius 3 is 3.00 bits per heavy atom. The fraction of sp³-hybridized carbons (Fsp3) is 0.412. The molecule has 0 bridgehead atoms. The Labute approximate surface area is 159 Å². The number of hydrogen-bond donors (Lipinski definition) is 1. The van der Waals surface area contributed by atoms with Crippen LogP contribution in [0.25, 0.3) is 0 Å². The number of ether oxygens (including phenoxy) is 3. The van der Waals surface area contributed by atoms with Crippen molar-refractivity contribution in [1.82, 2.24) is 15.1 Å². The summed E-state index contributed by atoms with van der Waals surface area (Å²) in [4.78, 5) is 26.7. The van der Waals surface area contributed by atoms with Gasteiger partial charge >= 0.3 is 0 Å². The van der Waals surface area contributed by atoms with Gasteiger partial charge in [-0.05, 0) is 17.7 Å². The Morgan fingerprint density at radius 2 is 2.19 bits per heavy atom. The van der Waals surface area contributed by atoms with Crippen LogP contribution >= 0.6 is 11.3 Å². The molecule has 2 aromatic rings. The largest absolute Gasteiger partial charge is 0.454 e. The summed E-state index contributed by atoms with van der Waals surface area (Å²) in [5, 5.41) is 11.7. The van der Waals surface area contributed by atoms with E-state index in [-0.39, 0.29) is 25.0 Å². The summed E-state index contributed by atoms with van der Waals surface area (Å²) in [5.74, 6) is 0.377. The minimum Gasteiger partial charge on any atom is -0.454 e. The van der Waals surface area contributed by atoms with Crippen molar-refractivity contribution in [3.05, 3.63) is 28.8 Å². The molecule has 1 aromatic carbocycles. The number of carbonyl (C=O) groups is 2. The number of anilines is 1. The second-order valence-electron chi connectivity index (χ2n) is 6.30. The summed E-state index contributed by atoms with van der Waals surface area (Å²) >= 11 is 1.25. The number of benzene rings is 1. The molecule has 1 N–H and O–H groups in total. The second kappa shape index (κ2) is 7.12. The molecule has 1 fully saturated rings. The van der Waals surface area contributed by atoms with Gasteiger partial charge < -0.3 is 24.4 Å². The smallest absolute Gasteiger partial charge is 0.232 e. The molecule has 10 heteroatoms. The van der Waals surface area contributed by atoms with Gasteiger partial charge in [-0.1, -0.05) is 17.4 Å². The number of aromatic nitrogens is 2. The number of likely N-dealkylation sites (tertiary alicyclic amines) is 1. The highest BCUT2D eigenvalue weighted by Gasteiger charge is 2.43. The van der Waals surface area contributed by atoms with E-state index < -0.39 is 12.0 Å². The van der Waals surface area contributed by atoms with Gasteiger partial charge in [-0.15, -0.1) is 10.2 Å². The number of rotatable bonds is 5. The summed E-state index contributed by atoms with van der Waals surface area (Å²) < 4.78 is 15.8. The van der Waals surface area contributed by atoms with E-state index in [2.05, 4.69) is 15.5 Å². The standard InChI is InChI=1S/C17H18N4O5S/c1-21-14(22)6-10(16(23)18-17-20-19-13(27-17)7-24-2)15(21)9-3-4-11-12(5-9)26-8-25-11/h3-5,10,15H,6-8H2,1-2H3,(H,18,20,23). The molecule has 2 aliphatic rings. The number of nitrogens with zero attached hydrogens (tertiary/aromatic N) is 3. The topological polar surface area (TPSA) is 103 Å². The summed E-state index contributed by atoms with van der Waals surface area (Å²) in [5.41, 5.74) is 0.824. The number of amides is 2. The molecule has 27 heavy (non-hydrogen) atoms. The second-order valence-corrected chi connectivity index (χ2v) is 7.36. The minimum atomic E-state index is -0.544. The van der Waals surface area contributed by atoms with Crippen molar-refractivity contribution in [2.75, 3.05) is 26.3 Å². The van der Waals surface area contributed by atoms with Crippen LogP contribution in [0.2, 0.25) is 0 Å². The predicted octanol–water partition coefficient (Wildman–Crippen LogP) is 1.57. The maximum atomic E-state index is 12.9. The van der Waals surface area contributed by atoms with E-state index >= 15 is 0 Å². The molecule has 142 valence electrons. The molecular weight excluding hydrogens is 372 g/mol. The third kappa shape index (κ3) is 3.33. The van der Waals surface area contributed by atoms with E-state index in [4.69, 9.17) is 14.2 Å². The lowest BCUT2D eigenvalue weighted by atomic mass is 9.92. The third-order valence-electron chi connectivity index (χ3n) is 4.63. The summed E-state index contributed by atoms with van der Waals surface area (Å²) in [6.07, 6.45) is 0.130. The zero-order chi connectivity index (χ0) is 19.0. The van der Waals surface area contributed by atoms with Crippen molar-refractivity contribution in [2.24, 2.45) is 5.92 Å². The van der Waals surface area contributed by atoms with Crippen LogP contribution in [0.1, 0.15) is 23.0 Å². The van der Waals surface area contributed by atoms with Crippen molar-refractivity contribution < 1.29 is 23.8 Å². The Bertz CT molecular complexity index is 886. The summed E-state index contributed by atoms with van der Waals surface area (Å²) in [7, 11) is 3.27. The molecule has 0 aliphatic carbocycles. The van der Waals surface area contributed by atoms with Gasteiger partial charge in [0.25, 0.3) is 0 Å². The van der Waals surface area contributed by atoms with E-state index in [9.17, 15) is 9.59 Å². The van der Waals surface area contributed by atoms with Crippen molar-refractivity contribution in [2.45, 2.75) is 19.1 Å². The van der Waals surface area contributed by atoms with E-state index in [0.717, 1.165) is 5.56 Å². The van der Waals surface area contributed by atoms with Crippen LogP contribution in [-0.4, -0.2) is 47.9 Å². The van der Waals surface area contributed by atoms with Gasteiger partial charge in [0.2, 0.25) is 23.7 Å². The van der Waals surface area contributed by atoms with Gasteiger partial charge in [-0.2, -0.15) is 0 Å². The Hall–Kier alpha value is -2.72. The fourth-order valence-corrected chi connectivity index (χ4v) is 4.06. The first-order valence-corrected chi connectivity index (χ1v) is 9.16. The monoisotopic (exact) mass is 390 g/mol. The first kappa shape index (κ1) is 17.7. The molecule has 1 saturated heterocycles. The Kier molecular flexibility index (Phi) is 4.66. The lowest BCUT2D eigenvalue weighted by molar-refractivity contribution is -0.127. The molecular formula is C17H18N4O5S. The highest BCUT2D eigenvalue weighted by molar-refractivity contribution is 7.15. The van der Waals surface area contributed by atoms with Crippen LogP contribution in [0.3, 0.4) is 0 Å². The normalized spacial score (nSPS) is 21.0. The first-order valence-electron chi connectivity index (χ1n) is 8.34. The van der Waals surface area contributed by atoms with Crippen LogP contribution in [-0.2, 0) is 20.9 Å². The molecule has 3 heterocycles. The third-order valence-corrected chi connectivity index (χ3v) is 5.44. The first-order chi connectivity index (χ1) is 13.1. The molecule has 1 aromatic heterocycles. The molecule has 2 amide bonds. The lowest BCUT2D eigenvalue weighted by Crippen LogP contribution is -2.30. The molecule has 0 saturated carbocycles. The highest BCUT2D eigenvalue weighted by atomic mass is 32.1. The predicted molar refractivity (Wildman–Crippen MR) is 95.4 cm³/mol. The van der Waals surface area contributed by atoms with E-state index in [1.54, 1.807) is 25.1 Å². The van der Waals surface area contributed by atoms with Crippen LogP contribution in [0.15, 0.2) is 18.2 Å². The van der Waals surface area contributed by atoms with E-state index in [1.165, 1.54) is 11.3 Å². The van der Waals surface area contributed by atoms with Crippen LogP contribution < -0.4 is 14.8 Å². The van der Waals surface area contributed by atoms with Crippen LogP contribution in [0, 0.1) is 5.92 Å². The van der Waals surface area contributed by atoms with Gasteiger partial charge in [0.15, 0.2) is 11.5 Å².